The monoisotopic (exact) mass is 377 g/mol. The molecule has 0 saturated heterocycles. The van der Waals surface area contributed by atoms with Crippen LogP contribution in [-0.2, 0) is 16.0 Å². The van der Waals surface area contributed by atoms with Crippen molar-refractivity contribution in [1.82, 2.24) is 4.98 Å². The maximum Gasteiger partial charge on any atom is 0.574 e. The van der Waals surface area contributed by atoms with Gasteiger partial charge in [-0.2, -0.15) is 0 Å². The molecule has 1 rings (SSSR count). The minimum Gasteiger partial charge on any atom is -0.469 e. The third-order valence-corrected chi connectivity index (χ3v) is 2.80. The van der Waals surface area contributed by atoms with Crippen LogP contribution in [0.4, 0.5) is 13.2 Å². The summed E-state index contributed by atoms with van der Waals surface area (Å²) in [4.78, 5) is 24.6. The molecule has 5 nitrogen and oxygen atoms in total. The van der Waals surface area contributed by atoms with Crippen molar-refractivity contribution in [3.05, 3.63) is 25.6 Å². The van der Waals surface area contributed by atoms with Crippen LogP contribution in [0, 0.1) is 3.57 Å². The molecule has 0 amide bonds. The highest BCUT2D eigenvalue weighted by atomic mass is 127. The van der Waals surface area contributed by atoms with Gasteiger partial charge in [-0.05, 0) is 22.6 Å². The zero-order valence-electron chi connectivity index (χ0n) is 8.93. The number of rotatable bonds is 3. The number of esters is 1. The van der Waals surface area contributed by atoms with E-state index in [-0.39, 0.29) is 15.7 Å². The third kappa shape index (κ3) is 4.20. The zero-order valence-corrected chi connectivity index (χ0v) is 11.1. The molecule has 1 aromatic heterocycles. The van der Waals surface area contributed by atoms with Crippen molar-refractivity contribution in [3.63, 3.8) is 0 Å². The molecule has 0 radical (unpaired) electrons. The van der Waals surface area contributed by atoms with E-state index >= 15 is 0 Å². The van der Waals surface area contributed by atoms with Gasteiger partial charge in [-0.3, -0.25) is 9.59 Å². The number of methoxy groups -OCH3 is 1. The molecule has 0 saturated carbocycles. The van der Waals surface area contributed by atoms with Crippen molar-refractivity contribution < 1.29 is 27.4 Å². The van der Waals surface area contributed by atoms with Gasteiger partial charge in [-0.1, -0.05) is 0 Å². The quantitative estimate of drug-likeness (QED) is 0.642. The number of aromatic nitrogens is 1. The second-order valence-electron chi connectivity index (χ2n) is 3.10. The Kier molecular flexibility index (Phi) is 4.59. The van der Waals surface area contributed by atoms with E-state index in [0.717, 1.165) is 13.2 Å². The van der Waals surface area contributed by atoms with Gasteiger partial charge in [-0.15, -0.1) is 13.2 Å². The first-order valence-corrected chi connectivity index (χ1v) is 5.55. The number of nitrogens with one attached hydrogen (secondary N) is 1. The van der Waals surface area contributed by atoms with Crippen LogP contribution in [0.3, 0.4) is 0 Å². The lowest BCUT2D eigenvalue weighted by atomic mass is 10.2. The number of hydrogen-bond donors (Lipinski definition) is 1. The van der Waals surface area contributed by atoms with Gasteiger partial charge in [0.25, 0.3) is 0 Å². The van der Waals surface area contributed by atoms with Crippen LogP contribution in [0.25, 0.3) is 0 Å². The topological polar surface area (TPSA) is 68.4 Å². The first-order chi connectivity index (χ1) is 8.23. The van der Waals surface area contributed by atoms with Crippen LogP contribution < -0.4 is 10.2 Å². The first kappa shape index (κ1) is 14.8. The number of halogens is 4. The van der Waals surface area contributed by atoms with Crippen LogP contribution >= 0.6 is 22.6 Å². The Hall–Kier alpha value is -1.26. The number of alkyl halides is 3. The number of hydrogen-bond acceptors (Lipinski definition) is 4. The summed E-state index contributed by atoms with van der Waals surface area (Å²) in [6.07, 6.45) is -5.27. The lowest BCUT2D eigenvalue weighted by Gasteiger charge is -2.11. The number of carbonyl (C=O) groups excluding carboxylic acids is 1. The van der Waals surface area contributed by atoms with E-state index in [4.69, 9.17) is 0 Å². The number of aromatic amines is 1. The van der Waals surface area contributed by atoms with E-state index in [1.165, 1.54) is 22.6 Å². The van der Waals surface area contributed by atoms with Gasteiger partial charge in [0, 0.05) is 11.8 Å². The molecule has 0 aliphatic rings. The minimum atomic E-state index is -4.92. The fraction of sp³-hybridized carbons (Fsp3) is 0.333. The smallest absolute Gasteiger partial charge is 0.469 e. The van der Waals surface area contributed by atoms with Crippen molar-refractivity contribution in [3.8, 4) is 5.88 Å². The summed E-state index contributed by atoms with van der Waals surface area (Å²) < 4.78 is 44.0. The summed E-state index contributed by atoms with van der Waals surface area (Å²) in [5, 5.41) is 0. The highest BCUT2D eigenvalue weighted by Gasteiger charge is 2.33. The molecule has 9 heteroatoms. The molecule has 0 aliphatic carbocycles. The van der Waals surface area contributed by atoms with Crippen LogP contribution in [0.5, 0.6) is 5.88 Å². The lowest BCUT2D eigenvalue weighted by Crippen LogP contribution is -2.22. The molecule has 1 heterocycles. The Morgan fingerprint density at radius 3 is 2.61 bits per heavy atom. The summed E-state index contributed by atoms with van der Waals surface area (Å²) in [6.45, 7) is 0. The summed E-state index contributed by atoms with van der Waals surface area (Å²) in [6, 6.07) is 1.02. The van der Waals surface area contributed by atoms with Crippen molar-refractivity contribution in [2.75, 3.05) is 7.11 Å². The van der Waals surface area contributed by atoms with Crippen molar-refractivity contribution in [2.24, 2.45) is 0 Å². The third-order valence-electron chi connectivity index (χ3n) is 1.78. The fourth-order valence-electron chi connectivity index (χ4n) is 1.08. The standard InChI is InChI=1S/C9H7F3INO4/c1-17-6(16)3-4-2-5(15)7(13)8(14-4)18-9(10,11)12/h2H,3H2,1H3,(H,14,15). The molecular formula is C9H7F3INO4. The molecule has 0 spiro atoms. The van der Waals surface area contributed by atoms with Gasteiger partial charge >= 0.3 is 12.3 Å². The van der Waals surface area contributed by atoms with Gasteiger partial charge in [-0.25, -0.2) is 0 Å². The fourth-order valence-corrected chi connectivity index (χ4v) is 1.48. The Bertz CT molecular complexity index is 512. The number of pyridine rings is 1. The summed E-state index contributed by atoms with van der Waals surface area (Å²) in [5.74, 6) is -1.43. The molecule has 0 fully saturated rings. The van der Waals surface area contributed by atoms with Crippen LogP contribution in [0.15, 0.2) is 10.9 Å². The summed E-state index contributed by atoms with van der Waals surface area (Å²) in [5.41, 5.74) is -0.695. The predicted octanol–water partition coefficient (Wildman–Crippen LogP) is 1.59. The van der Waals surface area contributed by atoms with Gasteiger partial charge in [0.15, 0.2) is 5.43 Å². The Balaban J connectivity index is 3.11. The molecule has 0 atom stereocenters. The average Bonchev–Trinajstić information content (AvgIpc) is 2.23. The minimum absolute atomic E-state index is 0.0217. The maximum absolute atomic E-state index is 12.1. The zero-order chi connectivity index (χ0) is 13.9. The normalized spacial score (nSPS) is 11.2. The van der Waals surface area contributed by atoms with Crippen LogP contribution in [0.2, 0.25) is 0 Å². The molecule has 1 N–H and O–H groups in total. The summed E-state index contributed by atoms with van der Waals surface area (Å²) >= 11 is 1.42. The second-order valence-corrected chi connectivity index (χ2v) is 4.18. The van der Waals surface area contributed by atoms with E-state index in [1.807, 2.05) is 0 Å². The Morgan fingerprint density at radius 2 is 2.11 bits per heavy atom. The highest BCUT2D eigenvalue weighted by molar-refractivity contribution is 14.1. The molecule has 1 aromatic rings. The molecule has 100 valence electrons. The highest BCUT2D eigenvalue weighted by Crippen LogP contribution is 2.23. The van der Waals surface area contributed by atoms with Gasteiger partial charge < -0.3 is 14.5 Å². The van der Waals surface area contributed by atoms with E-state index in [9.17, 15) is 22.8 Å². The average molecular weight is 377 g/mol. The molecular weight excluding hydrogens is 370 g/mol. The van der Waals surface area contributed by atoms with Gasteiger partial charge in [0.05, 0.1) is 13.5 Å². The van der Waals surface area contributed by atoms with Crippen molar-refractivity contribution in [2.45, 2.75) is 12.8 Å². The first-order valence-electron chi connectivity index (χ1n) is 4.47. The Morgan fingerprint density at radius 1 is 1.50 bits per heavy atom. The molecule has 0 aliphatic heterocycles. The van der Waals surface area contributed by atoms with Gasteiger partial charge in [0.2, 0.25) is 5.88 Å². The maximum atomic E-state index is 12.1. The lowest BCUT2D eigenvalue weighted by molar-refractivity contribution is -0.276. The van der Waals surface area contributed by atoms with E-state index in [2.05, 4.69) is 14.5 Å². The second kappa shape index (κ2) is 5.59. The van der Waals surface area contributed by atoms with E-state index in [0.29, 0.717) is 0 Å². The molecule has 0 aromatic carbocycles. The number of ether oxygens (including phenoxy) is 2. The number of H-pyrrole nitrogens is 1. The largest absolute Gasteiger partial charge is 0.574 e. The molecule has 0 bridgehead atoms. The predicted molar refractivity (Wildman–Crippen MR) is 62.2 cm³/mol. The Labute approximate surface area is 112 Å². The van der Waals surface area contributed by atoms with E-state index in [1.54, 1.807) is 0 Å². The van der Waals surface area contributed by atoms with Crippen molar-refractivity contribution in [1.29, 1.82) is 0 Å². The van der Waals surface area contributed by atoms with E-state index < -0.39 is 23.6 Å². The number of carbonyl (C=O) groups is 1. The van der Waals surface area contributed by atoms with Crippen molar-refractivity contribution >= 4 is 28.6 Å². The molecule has 18 heavy (non-hydrogen) atoms. The SMILES string of the molecule is COC(=O)Cc1cc(=O)c(I)c(OC(F)(F)F)[nH]1. The molecule has 0 unspecified atom stereocenters. The van der Waals surface area contributed by atoms with Gasteiger partial charge in [0.1, 0.15) is 3.57 Å². The summed E-state index contributed by atoms with van der Waals surface area (Å²) in [7, 11) is 1.13. The van der Waals surface area contributed by atoms with Crippen LogP contribution in [0.1, 0.15) is 5.69 Å². The van der Waals surface area contributed by atoms with Crippen LogP contribution in [-0.4, -0.2) is 24.4 Å².